The number of nitrogens with one attached hydrogen (secondary N) is 1. The van der Waals surface area contributed by atoms with E-state index in [9.17, 15) is 21.6 Å². The Morgan fingerprint density at radius 2 is 1.95 bits per heavy atom. The molecule has 3 N–H and O–H groups in total. The van der Waals surface area contributed by atoms with Gasteiger partial charge in [-0.25, -0.2) is 13.1 Å². The Kier molecular flexibility index (Phi) is 5.05. The van der Waals surface area contributed by atoms with E-state index in [1.54, 1.807) is 0 Å². The number of sulfonamides is 1. The molecule has 108 valence electrons. The quantitative estimate of drug-likeness (QED) is 0.647. The molecule has 0 bridgehead atoms. The highest BCUT2D eigenvalue weighted by Gasteiger charge is 2.27. The molecule has 0 saturated carbocycles. The molecule has 0 aliphatic rings. The molecule has 19 heavy (non-hydrogen) atoms. The molecule has 0 unspecified atom stereocenters. The lowest BCUT2D eigenvalue weighted by atomic mass is 10.3. The molecule has 4 nitrogen and oxygen atoms in total. The molecule has 0 fully saturated rings. The molecule has 1 aromatic rings. The first-order chi connectivity index (χ1) is 8.63. The van der Waals surface area contributed by atoms with Crippen molar-refractivity contribution in [1.82, 2.24) is 4.72 Å². The zero-order valence-electron chi connectivity index (χ0n) is 9.67. The topological polar surface area (TPSA) is 72.2 Å². The van der Waals surface area contributed by atoms with Crippen LogP contribution in [-0.4, -0.2) is 21.1 Å². The molecular weight excluding hydrogens is 305 g/mol. The maximum Gasteiger partial charge on any atom is 0.389 e. The lowest BCUT2D eigenvalue weighted by Gasteiger charge is -2.11. The Hall–Kier alpha value is -0.990. The van der Waals surface area contributed by atoms with Gasteiger partial charge in [-0.2, -0.15) is 13.2 Å². The Morgan fingerprint density at radius 3 is 2.47 bits per heavy atom. The van der Waals surface area contributed by atoms with Crippen molar-refractivity contribution in [3.63, 3.8) is 0 Å². The second kappa shape index (κ2) is 5.98. The van der Waals surface area contributed by atoms with E-state index in [-0.39, 0.29) is 28.6 Å². The lowest BCUT2D eigenvalue weighted by Crippen LogP contribution is -2.26. The molecule has 0 spiro atoms. The summed E-state index contributed by atoms with van der Waals surface area (Å²) in [4.78, 5) is -0.316. The summed E-state index contributed by atoms with van der Waals surface area (Å²) in [6.45, 7) is -0.341. The first-order valence-corrected chi connectivity index (χ1v) is 7.10. The number of anilines is 1. The minimum atomic E-state index is -4.31. The van der Waals surface area contributed by atoms with Gasteiger partial charge < -0.3 is 5.73 Å². The van der Waals surface area contributed by atoms with E-state index in [0.29, 0.717) is 0 Å². The molecule has 0 amide bonds. The van der Waals surface area contributed by atoms with Crippen LogP contribution in [0.5, 0.6) is 0 Å². The molecule has 0 aromatic heterocycles. The highest BCUT2D eigenvalue weighted by molar-refractivity contribution is 7.89. The van der Waals surface area contributed by atoms with E-state index in [4.69, 9.17) is 17.3 Å². The minimum Gasteiger partial charge on any atom is -0.398 e. The SMILES string of the molecule is Nc1cccc(Cl)c1S(=O)(=O)NCCCC(F)(F)F. The number of benzene rings is 1. The largest absolute Gasteiger partial charge is 0.398 e. The van der Waals surface area contributed by atoms with Crippen molar-refractivity contribution in [1.29, 1.82) is 0 Å². The predicted octanol–water partition coefficient (Wildman–Crippen LogP) is 2.54. The molecule has 9 heteroatoms. The van der Waals surface area contributed by atoms with E-state index >= 15 is 0 Å². The van der Waals surface area contributed by atoms with Crippen molar-refractivity contribution in [3.8, 4) is 0 Å². The fraction of sp³-hybridized carbons (Fsp3) is 0.400. The summed E-state index contributed by atoms with van der Waals surface area (Å²) in [7, 11) is -4.01. The van der Waals surface area contributed by atoms with Crippen LogP contribution in [0.3, 0.4) is 0 Å². The number of hydrogen-bond acceptors (Lipinski definition) is 3. The van der Waals surface area contributed by atoms with Crippen LogP contribution in [0.4, 0.5) is 18.9 Å². The third-order valence-corrected chi connectivity index (χ3v) is 4.20. The smallest absolute Gasteiger partial charge is 0.389 e. The second-order valence-corrected chi connectivity index (χ2v) is 5.89. The number of nitrogen functional groups attached to an aromatic ring is 1. The lowest BCUT2D eigenvalue weighted by molar-refractivity contribution is -0.135. The predicted molar refractivity (Wildman–Crippen MR) is 66.3 cm³/mol. The molecule has 0 saturated heterocycles. The molecule has 0 radical (unpaired) electrons. The average Bonchev–Trinajstić information content (AvgIpc) is 2.22. The van der Waals surface area contributed by atoms with Gasteiger partial charge in [-0.1, -0.05) is 17.7 Å². The molecular formula is C10H12ClF3N2O2S. The highest BCUT2D eigenvalue weighted by atomic mass is 35.5. The van der Waals surface area contributed by atoms with Crippen LogP contribution in [0.1, 0.15) is 12.8 Å². The third-order valence-electron chi connectivity index (χ3n) is 2.20. The van der Waals surface area contributed by atoms with Crippen LogP contribution in [-0.2, 0) is 10.0 Å². The summed E-state index contributed by atoms with van der Waals surface area (Å²) in [6.07, 6.45) is -5.73. The van der Waals surface area contributed by atoms with Gasteiger partial charge in [-0.3, -0.25) is 0 Å². The van der Waals surface area contributed by atoms with Crippen molar-refractivity contribution >= 4 is 27.3 Å². The minimum absolute atomic E-state index is 0.0594. The molecule has 0 aliphatic heterocycles. The molecule has 1 aromatic carbocycles. The highest BCUT2D eigenvalue weighted by Crippen LogP contribution is 2.27. The van der Waals surface area contributed by atoms with Gasteiger partial charge in [0.05, 0.1) is 10.7 Å². The molecule has 1 rings (SSSR count). The van der Waals surface area contributed by atoms with E-state index < -0.39 is 22.6 Å². The van der Waals surface area contributed by atoms with Crippen LogP contribution >= 0.6 is 11.6 Å². The van der Waals surface area contributed by atoms with E-state index in [2.05, 4.69) is 0 Å². The zero-order chi connectivity index (χ0) is 14.7. The van der Waals surface area contributed by atoms with Crippen molar-refractivity contribution < 1.29 is 21.6 Å². The van der Waals surface area contributed by atoms with Gasteiger partial charge in [0.15, 0.2) is 0 Å². The summed E-state index contributed by atoms with van der Waals surface area (Å²) in [5.41, 5.74) is 5.44. The number of alkyl halides is 3. The first kappa shape index (κ1) is 16.1. The summed E-state index contributed by atoms with van der Waals surface area (Å²) in [6, 6.07) is 4.15. The first-order valence-electron chi connectivity index (χ1n) is 5.24. The zero-order valence-corrected chi connectivity index (χ0v) is 11.2. The van der Waals surface area contributed by atoms with Gasteiger partial charge >= 0.3 is 6.18 Å². The Bertz CT molecular complexity index is 526. The van der Waals surface area contributed by atoms with E-state index in [1.807, 2.05) is 4.72 Å². The van der Waals surface area contributed by atoms with Crippen molar-refractivity contribution in [2.24, 2.45) is 0 Å². The average molecular weight is 317 g/mol. The van der Waals surface area contributed by atoms with Gasteiger partial charge in [-0.15, -0.1) is 0 Å². The number of nitrogens with two attached hydrogens (primary N) is 1. The molecule has 0 aliphatic carbocycles. The summed E-state index contributed by atoms with van der Waals surface area (Å²) in [5.74, 6) is 0. The van der Waals surface area contributed by atoms with Gasteiger partial charge in [0, 0.05) is 13.0 Å². The number of hydrogen-bond donors (Lipinski definition) is 2. The van der Waals surface area contributed by atoms with Crippen LogP contribution in [0, 0.1) is 0 Å². The van der Waals surface area contributed by atoms with E-state index in [0.717, 1.165) is 0 Å². The van der Waals surface area contributed by atoms with Crippen LogP contribution < -0.4 is 10.5 Å². The van der Waals surface area contributed by atoms with E-state index in [1.165, 1.54) is 18.2 Å². The molecule has 0 atom stereocenters. The summed E-state index contributed by atoms with van der Waals surface area (Å²) in [5, 5.41) is -0.0803. The van der Waals surface area contributed by atoms with Crippen molar-refractivity contribution in [2.45, 2.75) is 23.9 Å². The maximum atomic E-state index is 11.9. The van der Waals surface area contributed by atoms with Crippen LogP contribution in [0.25, 0.3) is 0 Å². The second-order valence-electron chi connectivity index (χ2n) is 3.77. The monoisotopic (exact) mass is 316 g/mol. The van der Waals surface area contributed by atoms with Gasteiger partial charge in [0.2, 0.25) is 10.0 Å². The Balaban J connectivity index is 2.72. The fourth-order valence-electron chi connectivity index (χ4n) is 1.38. The standard InChI is InChI=1S/C10H12ClF3N2O2S/c11-7-3-1-4-8(15)9(7)19(17,18)16-6-2-5-10(12,13)14/h1,3-4,16H,2,5-6,15H2. The third kappa shape index (κ3) is 4.88. The summed E-state index contributed by atoms with van der Waals surface area (Å²) >= 11 is 5.72. The Labute approximate surface area is 113 Å². The van der Waals surface area contributed by atoms with Crippen LogP contribution in [0.15, 0.2) is 23.1 Å². The normalized spacial score (nSPS) is 12.6. The van der Waals surface area contributed by atoms with Crippen LogP contribution in [0.2, 0.25) is 5.02 Å². The number of rotatable bonds is 5. The fourth-order valence-corrected chi connectivity index (χ4v) is 3.12. The van der Waals surface area contributed by atoms with Crippen molar-refractivity contribution in [2.75, 3.05) is 12.3 Å². The van der Waals surface area contributed by atoms with Gasteiger partial charge in [0.1, 0.15) is 4.90 Å². The van der Waals surface area contributed by atoms with Crippen molar-refractivity contribution in [3.05, 3.63) is 23.2 Å². The summed E-state index contributed by atoms with van der Waals surface area (Å²) < 4.78 is 61.4. The number of halogens is 4. The molecule has 0 heterocycles. The maximum absolute atomic E-state index is 11.9. The Morgan fingerprint density at radius 1 is 1.32 bits per heavy atom. The van der Waals surface area contributed by atoms with Gasteiger partial charge in [-0.05, 0) is 18.6 Å². The van der Waals surface area contributed by atoms with Gasteiger partial charge in [0.25, 0.3) is 0 Å².